The van der Waals surface area contributed by atoms with E-state index >= 15 is 8.78 Å². The number of nitrogens with zero attached hydrogens (tertiary/aromatic N) is 1. The zero-order valence-electron chi connectivity index (χ0n) is 25.8. The van der Waals surface area contributed by atoms with Crippen LogP contribution in [0.1, 0.15) is 59.6 Å². The van der Waals surface area contributed by atoms with Gasteiger partial charge in [0, 0.05) is 24.3 Å². The maximum Gasteiger partial charge on any atom is 0.328 e. The lowest BCUT2D eigenvalue weighted by atomic mass is 9.97. The van der Waals surface area contributed by atoms with Crippen LogP contribution in [0.5, 0.6) is 5.75 Å². The number of hydrogen-bond donors (Lipinski definition) is 2. The van der Waals surface area contributed by atoms with Gasteiger partial charge < -0.3 is 20.5 Å². The first-order valence-electron chi connectivity index (χ1n) is 15.7. The number of ketones is 1. The van der Waals surface area contributed by atoms with Crippen molar-refractivity contribution in [3.63, 3.8) is 0 Å². The average molecular weight is 664 g/mol. The Balaban J connectivity index is 1.11. The summed E-state index contributed by atoms with van der Waals surface area (Å²) in [5.41, 5.74) is 4.00. The molecule has 2 saturated carbocycles. The highest BCUT2D eigenvalue weighted by atomic mass is 19.1. The second kappa shape index (κ2) is 14.0. The van der Waals surface area contributed by atoms with Crippen molar-refractivity contribution >= 4 is 17.6 Å². The molecule has 4 aromatic rings. The molecule has 2 aliphatic carbocycles. The molecule has 1 aromatic heterocycles. The summed E-state index contributed by atoms with van der Waals surface area (Å²) in [6.45, 7) is 0.360. The van der Waals surface area contributed by atoms with Gasteiger partial charge in [0.2, 0.25) is 0 Å². The first-order valence-corrected chi connectivity index (χ1v) is 15.7. The minimum atomic E-state index is -1.21. The number of anilines is 1. The number of aromatic nitrogens is 1. The van der Waals surface area contributed by atoms with Gasteiger partial charge in [-0.05, 0) is 74.2 Å². The fourth-order valence-corrected chi connectivity index (χ4v) is 6.67. The van der Waals surface area contributed by atoms with Gasteiger partial charge >= 0.3 is 5.97 Å². The summed E-state index contributed by atoms with van der Waals surface area (Å²) < 4.78 is 70.2. The number of carbonyl (C=O) groups is 2. The number of carbonyl (C=O) groups excluding carboxylic acids is 2. The van der Waals surface area contributed by atoms with E-state index in [1.807, 2.05) is 30.3 Å². The Morgan fingerprint density at radius 2 is 1.62 bits per heavy atom. The minimum Gasteiger partial charge on any atom is -0.493 e. The van der Waals surface area contributed by atoms with Crippen molar-refractivity contribution < 1.29 is 36.6 Å². The second-order valence-electron chi connectivity index (χ2n) is 12.1. The third-order valence-corrected chi connectivity index (χ3v) is 9.01. The van der Waals surface area contributed by atoms with Gasteiger partial charge in [-0.25, -0.2) is 22.4 Å². The minimum absolute atomic E-state index is 0.0312. The Labute approximate surface area is 273 Å². The number of esters is 1. The summed E-state index contributed by atoms with van der Waals surface area (Å²) in [7, 11) is 0. The molecule has 8 nitrogen and oxygen atoms in total. The van der Waals surface area contributed by atoms with Crippen LogP contribution in [0.2, 0.25) is 0 Å². The van der Waals surface area contributed by atoms with Gasteiger partial charge in [0.1, 0.15) is 41.0 Å². The van der Waals surface area contributed by atoms with Crippen LogP contribution < -0.4 is 21.3 Å². The highest BCUT2D eigenvalue weighted by Crippen LogP contribution is 2.46. The van der Waals surface area contributed by atoms with Gasteiger partial charge in [-0.2, -0.15) is 0 Å². The number of rotatable bonds is 12. The summed E-state index contributed by atoms with van der Waals surface area (Å²) in [5, 5.41) is 3.21. The normalized spacial score (nSPS) is 18.9. The average Bonchev–Trinajstić information content (AvgIpc) is 3.68. The van der Waals surface area contributed by atoms with E-state index < -0.39 is 63.3 Å². The zero-order chi connectivity index (χ0) is 33.9. The third kappa shape index (κ3) is 6.84. The summed E-state index contributed by atoms with van der Waals surface area (Å²) in [4.78, 5) is 38.8. The summed E-state index contributed by atoms with van der Waals surface area (Å²) >= 11 is 0. The van der Waals surface area contributed by atoms with E-state index in [1.54, 1.807) is 0 Å². The number of nitrogen functional groups attached to an aromatic ring is 1. The fraction of sp³-hybridized carbons (Fsp3) is 0.306. The second-order valence-corrected chi connectivity index (χ2v) is 12.1. The van der Waals surface area contributed by atoms with E-state index in [4.69, 9.17) is 15.2 Å². The van der Waals surface area contributed by atoms with Gasteiger partial charge in [-0.3, -0.25) is 14.2 Å². The Morgan fingerprint density at radius 3 is 2.29 bits per heavy atom. The lowest BCUT2D eigenvalue weighted by Gasteiger charge is -2.25. The molecule has 2 fully saturated rings. The number of nitrogens with two attached hydrogens (primary N) is 1. The number of halogens is 4. The summed E-state index contributed by atoms with van der Waals surface area (Å²) in [5.74, 6) is -5.61. The Hall–Kier alpha value is -4.97. The molecule has 48 heavy (non-hydrogen) atoms. The highest BCUT2D eigenvalue weighted by molar-refractivity contribution is 6.11. The van der Waals surface area contributed by atoms with Crippen LogP contribution in [0.4, 0.5) is 23.4 Å². The monoisotopic (exact) mass is 663 g/mol. The molecule has 6 rings (SSSR count). The molecule has 4 atom stereocenters. The number of ether oxygens (including phenoxy) is 2. The molecule has 0 spiro atoms. The molecule has 0 aliphatic heterocycles. The third-order valence-electron chi connectivity index (χ3n) is 9.01. The van der Waals surface area contributed by atoms with Gasteiger partial charge in [0.15, 0.2) is 17.4 Å². The van der Waals surface area contributed by atoms with Gasteiger partial charge in [-0.1, -0.05) is 30.3 Å². The van der Waals surface area contributed by atoms with Gasteiger partial charge in [0.05, 0.1) is 17.7 Å². The van der Waals surface area contributed by atoms with Crippen LogP contribution >= 0.6 is 0 Å². The molecular formula is C36H33F4N3O5. The maximum absolute atomic E-state index is 15.3. The van der Waals surface area contributed by atoms with Crippen LogP contribution in [0.15, 0.2) is 77.6 Å². The Kier molecular flexibility index (Phi) is 9.63. The maximum atomic E-state index is 15.3. The van der Waals surface area contributed by atoms with Crippen LogP contribution in [0, 0.1) is 35.1 Å². The lowest BCUT2D eigenvalue weighted by molar-refractivity contribution is -0.154. The topological polar surface area (TPSA) is 113 Å². The Bertz CT molecular complexity index is 1880. The van der Waals surface area contributed by atoms with Crippen molar-refractivity contribution in [2.45, 2.75) is 44.2 Å². The van der Waals surface area contributed by atoms with Crippen molar-refractivity contribution in [1.82, 2.24) is 9.88 Å². The van der Waals surface area contributed by atoms with E-state index in [0.717, 1.165) is 61.2 Å². The molecule has 2 aliphatic rings. The van der Waals surface area contributed by atoms with E-state index in [-0.39, 0.29) is 24.4 Å². The number of benzene rings is 3. The van der Waals surface area contributed by atoms with Gasteiger partial charge in [0.25, 0.3) is 5.56 Å². The van der Waals surface area contributed by atoms with Crippen molar-refractivity contribution in [2.75, 3.05) is 18.9 Å². The molecular weight excluding hydrogens is 630 g/mol. The molecule has 0 amide bonds. The van der Waals surface area contributed by atoms with Crippen molar-refractivity contribution in [2.24, 2.45) is 11.8 Å². The molecule has 3 N–H and O–H groups in total. The smallest absolute Gasteiger partial charge is 0.328 e. The van der Waals surface area contributed by atoms with Gasteiger partial charge in [-0.15, -0.1) is 0 Å². The molecule has 3 unspecified atom stereocenters. The molecule has 3 aromatic carbocycles. The SMILES string of the molecule is Nc1c(C(=O)c2ccc(F)cc2F)ccc(=O)n1-c1c(F)cc(OCCCN[C@H](C(=O)OC2CC3CCC2C3)c2ccccc2)cc1F. The standard InChI is InChI=1S/C36H33F4N3O5/c37-23-9-10-25(27(38)17-23)34(45)26-11-12-31(44)43(35(26)41)33-28(39)18-24(19-29(33)40)47-14-4-13-42-32(21-5-2-1-3-6-21)36(46)48-30-16-20-7-8-22(30)15-20/h1-3,5-6,9-12,17-20,22,30,32,42H,4,7-8,13-16,41H2/t20?,22?,30?,32-/m0/s1. The number of fused-ring (bicyclic) bond motifs is 2. The molecule has 250 valence electrons. The fourth-order valence-electron chi connectivity index (χ4n) is 6.67. The molecule has 2 bridgehead atoms. The van der Waals surface area contributed by atoms with Crippen LogP contribution in [-0.4, -0.2) is 35.6 Å². The van der Waals surface area contributed by atoms with E-state index in [1.165, 1.54) is 6.42 Å². The Morgan fingerprint density at radius 1 is 0.896 bits per heavy atom. The molecule has 1 heterocycles. The largest absolute Gasteiger partial charge is 0.493 e. The van der Waals surface area contributed by atoms with E-state index in [9.17, 15) is 23.2 Å². The summed E-state index contributed by atoms with van der Waals surface area (Å²) in [6, 6.07) is 14.4. The summed E-state index contributed by atoms with van der Waals surface area (Å²) in [6.07, 6.45) is 4.59. The highest BCUT2D eigenvalue weighted by Gasteiger charge is 2.42. The predicted octanol–water partition coefficient (Wildman–Crippen LogP) is 6.04. The number of pyridine rings is 1. The van der Waals surface area contributed by atoms with Crippen LogP contribution in [-0.2, 0) is 9.53 Å². The zero-order valence-corrected chi connectivity index (χ0v) is 25.8. The van der Waals surface area contributed by atoms with E-state index in [2.05, 4.69) is 5.32 Å². The van der Waals surface area contributed by atoms with Crippen LogP contribution in [0.25, 0.3) is 5.69 Å². The predicted molar refractivity (Wildman–Crippen MR) is 169 cm³/mol. The van der Waals surface area contributed by atoms with Crippen molar-refractivity contribution in [3.8, 4) is 11.4 Å². The number of hydrogen-bond acceptors (Lipinski definition) is 7. The lowest BCUT2D eigenvalue weighted by Crippen LogP contribution is -2.35. The molecule has 0 radical (unpaired) electrons. The quantitative estimate of drug-likeness (QED) is 0.0823. The van der Waals surface area contributed by atoms with Crippen molar-refractivity contribution in [3.05, 3.63) is 123 Å². The molecule has 12 heteroatoms. The number of nitrogens with one attached hydrogen (secondary N) is 1. The first kappa shape index (κ1) is 33.0. The first-order chi connectivity index (χ1) is 23.1. The molecule has 0 saturated heterocycles. The van der Waals surface area contributed by atoms with Crippen molar-refractivity contribution in [1.29, 1.82) is 0 Å². The van der Waals surface area contributed by atoms with E-state index in [0.29, 0.717) is 35.4 Å². The van der Waals surface area contributed by atoms with Crippen LogP contribution in [0.3, 0.4) is 0 Å².